The predicted octanol–water partition coefficient (Wildman–Crippen LogP) is 5.78. The van der Waals surface area contributed by atoms with Gasteiger partial charge in [0.25, 0.3) is 11.8 Å². The first-order chi connectivity index (χ1) is 15.3. The molecule has 3 rings (SSSR count). The number of hydrogen-bond acceptors (Lipinski definition) is 3. The van der Waals surface area contributed by atoms with Gasteiger partial charge in [-0.05, 0) is 59.4 Å². The van der Waals surface area contributed by atoms with Gasteiger partial charge < -0.3 is 5.32 Å². The Kier molecular flexibility index (Phi) is 7.21. The topological polar surface area (TPSA) is 70.6 Å². The van der Waals surface area contributed by atoms with Gasteiger partial charge in [-0.1, -0.05) is 70.2 Å². The minimum Gasteiger partial charge on any atom is -0.322 e. The van der Waals surface area contributed by atoms with Gasteiger partial charge >= 0.3 is 0 Å². The highest BCUT2D eigenvalue weighted by molar-refractivity contribution is 6.05. The van der Waals surface area contributed by atoms with Crippen molar-refractivity contribution in [1.29, 1.82) is 0 Å². The van der Waals surface area contributed by atoms with Crippen LogP contribution in [0.3, 0.4) is 0 Å². The number of carbonyl (C=O) groups is 2. The van der Waals surface area contributed by atoms with Crippen LogP contribution in [0.2, 0.25) is 0 Å². The molecule has 0 saturated heterocycles. The number of amides is 2. The van der Waals surface area contributed by atoms with Crippen LogP contribution in [0, 0.1) is 0 Å². The Bertz CT molecular complexity index is 1090. The highest BCUT2D eigenvalue weighted by Gasteiger charge is 2.14. The van der Waals surface area contributed by atoms with Crippen molar-refractivity contribution in [2.45, 2.75) is 39.5 Å². The molecule has 2 amide bonds. The molecule has 0 fully saturated rings. The van der Waals surface area contributed by atoms with Gasteiger partial charge in [0.2, 0.25) is 0 Å². The van der Waals surface area contributed by atoms with Crippen LogP contribution < -0.4 is 10.7 Å². The second kappa shape index (κ2) is 10.1. The van der Waals surface area contributed by atoms with Gasteiger partial charge in [-0.25, -0.2) is 5.43 Å². The van der Waals surface area contributed by atoms with Crippen molar-refractivity contribution in [1.82, 2.24) is 5.43 Å². The summed E-state index contributed by atoms with van der Waals surface area (Å²) in [5.74, 6) is -0.495. The molecule has 0 aromatic heterocycles. The summed E-state index contributed by atoms with van der Waals surface area (Å²) in [5.41, 5.74) is 7.27. The van der Waals surface area contributed by atoms with E-state index in [1.807, 2.05) is 61.5 Å². The molecule has 0 aliphatic heterocycles. The monoisotopic (exact) mass is 427 g/mol. The van der Waals surface area contributed by atoms with Crippen molar-refractivity contribution in [3.8, 4) is 0 Å². The molecule has 3 aromatic rings. The molecule has 0 bridgehead atoms. The molecule has 32 heavy (non-hydrogen) atoms. The number of nitrogens with zero attached hydrogens (tertiary/aromatic N) is 1. The van der Waals surface area contributed by atoms with Crippen molar-refractivity contribution in [2.75, 3.05) is 5.32 Å². The average Bonchev–Trinajstić information content (AvgIpc) is 2.80. The molecule has 0 heterocycles. The van der Waals surface area contributed by atoms with Crippen molar-refractivity contribution >= 4 is 23.2 Å². The summed E-state index contributed by atoms with van der Waals surface area (Å²) in [6.07, 6.45) is 0.700. The zero-order valence-corrected chi connectivity index (χ0v) is 19.0. The van der Waals surface area contributed by atoms with E-state index in [9.17, 15) is 9.59 Å². The summed E-state index contributed by atoms with van der Waals surface area (Å²) in [7, 11) is 0. The van der Waals surface area contributed by atoms with Gasteiger partial charge in [0, 0.05) is 16.8 Å². The smallest absolute Gasteiger partial charge is 0.271 e. The van der Waals surface area contributed by atoms with E-state index in [0.717, 1.165) is 11.3 Å². The van der Waals surface area contributed by atoms with E-state index >= 15 is 0 Å². The highest BCUT2D eigenvalue weighted by Crippen LogP contribution is 2.22. The van der Waals surface area contributed by atoms with Gasteiger partial charge in [0.1, 0.15) is 0 Å². The van der Waals surface area contributed by atoms with Crippen LogP contribution in [0.5, 0.6) is 0 Å². The average molecular weight is 428 g/mol. The maximum absolute atomic E-state index is 12.5. The van der Waals surface area contributed by atoms with E-state index < -0.39 is 0 Å². The molecule has 2 N–H and O–H groups in total. The van der Waals surface area contributed by atoms with Gasteiger partial charge in [0.05, 0.1) is 5.71 Å². The summed E-state index contributed by atoms with van der Waals surface area (Å²) in [5, 5.41) is 7.14. The zero-order valence-electron chi connectivity index (χ0n) is 19.0. The molecule has 0 aliphatic carbocycles. The molecular weight excluding hydrogens is 398 g/mol. The molecule has 0 spiro atoms. The third-order valence-electron chi connectivity index (χ3n) is 5.15. The van der Waals surface area contributed by atoms with Crippen molar-refractivity contribution in [3.05, 3.63) is 101 Å². The zero-order chi connectivity index (χ0) is 23.1. The van der Waals surface area contributed by atoms with Crippen LogP contribution in [0.15, 0.2) is 84.0 Å². The first-order valence-electron chi connectivity index (χ1n) is 10.7. The fraction of sp³-hybridized carbons (Fsp3) is 0.222. The Balaban J connectivity index is 1.62. The number of benzene rings is 3. The van der Waals surface area contributed by atoms with Crippen LogP contribution in [0.4, 0.5) is 5.69 Å². The normalized spacial score (nSPS) is 11.7. The van der Waals surface area contributed by atoms with Crippen molar-refractivity contribution in [3.63, 3.8) is 0 Å². The maximum atomic E-state index is 12.5. The summed E-state index contributed by atoms with van der Waals surface area (Å²) >= 11 is 0. The van der Waals surface area contributed by atoms with E-state index in [0.29, 0.717) is 23.2 Å². The molecule has 0 atom stereocenters. The fourth-order valence-corrected chi connectivity index (χ4v) is 3.19. The molecule has 5 nitrogen and oxygen atoms in total. The van der Waals surface area contributed by atoms with Crippen molar-refractivity contribution < 1.29 is 9.59 Å². The lowest BCUT2D eigenvalue weighted by molar-refractivity contribution is 0.0954. The largest absolute Gasteiger partial charge is 0.322 e. The Hall–Kier alpha value is -3.73. The first kappa shape index (κ1) is 22.9. The highest BCUT2D eigenvalue weighted by atomic mass is 16.2. The second-order valence-corrected chi connectivity index (χ2v) is 8.58. The van der Waals surface area contributed by atoms with E-state index in [4.69, 9.17) is 0 Å². The number of nitrogens with one attached hydrogen (secondary N) is 2. The third-order valence-corrected chi connectivity index (χ3v) is 5.15. The second-order valence-electron chi connectivity index (χ2n) is 8.58. The van der Waals surface area contributed by atoms with Crippen LogP contribution >= 0.6 is 0 Å². The minimum absolute atomic E-state index is 0.0362. The SMILES string of the molecule is CCC(=NNC(=O)c1ccc(NC(=O)c2ccc(C(C)(C)C)cc2)cc1)c1ccccc1. The van der Waals surface area contributed by atoms with Gasteiger partial charge in [0.15, 0.2) is 0 Å². The molecule has 0 unspecified atom stereocenters. The molecular formula is C27H29N3O2. The molecule has 3 aromatic carbocycles. The lowest BCUT2D eigenvalue weighted by Crippen LogP contribution is -2.20. The van der Waals surface area contributed by atoms with Crippen LogP contribution in [-0.2, 0) is 5.41 Å². The van der Waals surface area contributed by atoms with Crippen molar-refractivity contribution in [2.24, 2.45) is 5.10 Å². The molecule has 0 radical (unpaired) electrons. The molecule has 0 aliphatic rings. The molecule has 5 heteroatoms. The maximum Gasteiger partial charge on any atom is 0.271 e. The third kappa shape index (κ3) is 5.91. The molecule has 164 valence electrons. The van der Waals surface area contributed by atoms with E-state index in [1.165, 1.54) is 5.56 Å². The van der Waals surface area contributed by atoms with Gasteiger partial charge in [-0.3, -0.25) is 9.59 Å². The number of hydrazone groups is 1. The number of hydrogen-bond donors (Lipinski definition) is 2. The van der Waals surface area contributed by atoms with Crippen LogP contribution in [-0.4, -0.2) is 17.5 Å². The molecule has 0 saturated carbocycles. The summed E-state index contributed by atoms with van der Waals surface area (Å²) in [6, 6.07) is 24.1. The van der Waals surface area contributed by atoms with E-state index in [1.54, 1.807) is 24.3 Å². The Labute approximate surface area is 189 Å². The predicted molar refractivity (Wildman–Crippen MR) is 130 cm³/mol. The number of rotatable bonds is 6. The lowest BCUT2D eigenvalue weighted by Gasteiger charge is -2.19. The van der Waals surface area contributed by atoms with Gasteiger partial charge in [-0.15, -0.1) is 0 Å². The number of carbonyl (C=O) groups excluding carboxylic acids is 2. The van der Waals surface area contributed by atoms with Crippen LogP contribution in [0.1, 0.15) is 66.0 Å². The minimum atomic E-state index is -0.303. The Morgan fingerprint density at radius 2 is 1.31 bits per heavy atom. The number of anilines is 1. The summed E-state index contributed by atoms with van der Waals surface area (Å²) in [6.45, 7) is 8.40. The Morgan fingerprint density at radius 3 is 1.88 bits per heavy atom. The van der Waals surface area contributed by atoms with Crippen LogP contribution in [0.25, 0.3) is 0 Å². The van der Waals surface area contributed by atoms with Gasteiger partial charge in [-0.2, -0.15) is 5.10 Å². The summed E-state index contributed by atoms with van der Waals surface area (Å²) in [4.78, 5) is 25.0. The summed E-state index contributed by atoms with van der Waals surface area (Å²) < 4.78 is 0. The fourth-order valence-electron chi connectivity index (χ4n) is 3.19. The first-order valence-corrected chi connectivity index (χ1v) is 10.7. The lowest BCUT2D eigenvalue weighted by atomic mass is 9.87. The standard InChI is InChI=1S/C27H29N3O2/c1-5-24(19-9-7-6-8-10-19)29-30-26(32)21-13-17-23(18-14-21)28-25(31)20-11-15-22(16-12-20)27(2,3)4/h6-18H,5H2,1-4H3,(H,28,31)(H,30,32). The van der Waals surface area contributed by atoms with E-state index in [2.05, 4.69) is 36.6 Å². The quantitative estimate of drug-likeness (QED) is 0.387. The van der Waals surface area contributed by atoms with E-state index in [-0.39, 0.29) is 17.2 Å². The Morgan fingerprint density at radius 1 is 0.750 bits per heavy atom.